The van der Waals surface area contributed by atoms with E-state index in [0.29, 0.717) is 12.1 Å². The van der Waals surface area contributed by atoms with E-state index < -0.39 is 23.8 Å². The minimum atomic E-state index is -4.78. The van der Waals surface area contributed by atoms with Gasteiger partial charge in [0.15, 0.2) is 0 Å². The Morgan fingerprint density at radius 3 is 2.69 bits per heavy atom. The maximum atomic E-state index is 13.8. The highest BCUT2D eigenvalue weighted by atomic mass is 19.4. The van der Waals surface area contributed by atoms with E-state index in [2.05, 4.69) is 29.9 Å². The molecule has 0 bridgehead atoms. The monoisotopic (exact) mass is 447 g/mol. The molecular formula is C20H13F4N5O3. The Balaban J connectivity index is 1.38. The average molecular weight is 447 g/mol. The SMILES string of the molecule is O=C(NCCc1coc(-c2ccccc2F)n1)c1cncc(-c2noc(C(F)(F)F)n2)c1. The summed E-state index contributed by atoms with van der Waals surface area (Å²) in [6.45, 7) is 0.173. The van der Waals surface area contributed by atoms with Crippen LogP contribution in [0.5, 0.6) is 0 Å². The van der Waals surface area contributed by atoms with Gasteiger partial charge in [-0.05, 0) is 18.2 Å². The van der Waals surface area contributed by atoms with Crippen LogP contribution in [0.25, 0.3) is 22.8 Å². The number of benzene rings is 1. The van der Waals surface area contributed by atoms with Crippen molar-refractivity contribution in [1.82, 2.24) is 25.4 Å². The van der Waals surface area contributed by atoms with Crippen molar-refractivity contribution >= 4 is 5.91 Å². The molecule has 4 rings (SSSR count). The minimum absolute atomic E-state index is 0.0860. The van der Waals surface area contributed by atoms with E-state index in [-0.39, 0.29) is 35.0 Å². The van der Waals surface area contributed by atoms with Crippen molar-refractivity contribution in [3.8, 4) is 22.8 Å². The highest BCUT2D eigenvalue weighted by molar-refractivity contribution is 5.94. The number of oxazole rings is 1. The van der Waals surface area contributed by atoms with Gasteiger partial charge in [0, 0.05) is 30.9 Å². The lowest BCUT2D eigenvalue weighted by Gasteiger charge is -2.04. The van der Waals surface area contributed by atoms with Crippen molar-refractivity contribution in [2.45, 2.75) is 12.6 Å². The van der Waals surface area contributed by atoms with Gasteiger partial charge in [0.25, 0.3) is 5.91 Å². The number of carbonyl (C=O) groups is 1. The molecule has 8 nitrogen and oxygen atoms in total. The molecule has 0 atom stereocenters. The van der Waals surface area contributed by atoms with Gasteiger partial charge in [-0.3, -0.25) is 9.78 Å². The second-order valence-electron chi connectivity index (χ2n) is 6.51. The Labute approximate surface area is 177 Å². The lowest BCUT2D eigenvalue weighted by molar-refractivity contribution is -0.159. The molecule has 4 aromatic rings. The minimum Gasteiger partial charge on any atom is -0.444 e. The van der Waals surface area contributed by atoms with Crippen LogP contribution >= 0.6 is 0 Å². The summed E-state index contributed by atoms with van der Waals surface area (Å²) in [5.74, 6) is -2.70. The molecular weight excluding hydrogens is 434 g/mol. The van der Waals surface area contributed by atoms with Crippen LogP contribution < -0.4 is 5.32 Å². The first kappa shape index (κ1) is 21.2. The lowest BCUT2D eigenvalue weighted by atomic mass is 10.2. The number of amides is 1. The molecule has 32 heavy (non-hydrogen) atoms. The summed E-state index contributed by atoms with van der Waals surface area (Å²) in [5, 5.41) is 5.90. The molecule has 0 aliphatic heterocycles. The van der Waals surface area contributed by atoms with Gasteiger partial charge in [-0.25, -0.2) is 9.37 Å². The number of nitrogens with one attached hydrogen (secondary N) is 1. The zero-order chi connectivity index (χ0) is 22.7. The van der Waals surface area contributed by atoms with Crippen molar-refractivity contribution in [3.63, 3.8) is 0 Å². The quantitative estimate of drug-likeness (QED) is 0.447. The van der Waals surface area contributed by atoms with Crippen LogP contribution in [0, 0.1) is 5.82 Å². The highest BCUT2D eigenvalue weighted by Gasteiger charge is 2.38. The number of hydrogen-bond acceptors (Lipinski definition) is 7. The number of nitrogens with zero attached hydrogens (tertiary/aromatic N) is 4. The molecule has 0 saturated heterocycles. The Morgan fingerprint density at radius 2 is 1.94 bits per heavy atom. The summed E-state index contributed by atoms with van der Waals surface area (Å²) in [5.41, 5.74) is 0.902. The molecule has 0 radical (unpaired) electrons. The molecule has 0 saturated carbocycles. The zero-order valence-corrected chi connectivity index (χ0v) is 16.1. The van der Waals surface area contributed by atoms with Crippen molar-refractivity contribution in [2.24, 2.45) is 0 Å². The van der Waals surface area contributed by atoms with Gasteiger partial charge in [-0.15, -0.1) is 0 Å². The van der Waals surface area contributed by atoms with Crippen LogP contribution in [0.4, 0.5) is 17.6 Å². The average Bonchev–Trinajstić information content (AvgIpc) is 3.44. The third-order valence-corrected chi connectivity index (χ3v) is 4.25. The number of hydrogen-bond donors (Lipinski definition) is 1. The molecule has 3 heterocycles. The van der Waals surface area contributed by atoms with Gasteiger partial charge in [0.2, 0.25) is 11.7 Å². The van der Waals surface area contributed by atoms with Crippen molar-refractivity contribution in [3.05, 3.63) is 72.0 Å². The van der Waals surface area contributed by atoms with E-state index in [1.807, 2.05) is 0 Å². The smallest absolute Gasteiger partial charge is 0.444 e. The number of rotatable bonds is 6. The Hall–Kier alpha value is -4.09. The van der Waals surface area contributed by atoms with E-state index >= 15 is 0 Å². The van der Waals surface area contributed by atoms with Gasteiger partial charge in [-0.2, -0.15) is 18.2 Å². The molecule has 0 aliphatic rings. The molecule has 0 aliphatic carbocycles. The highest BCUT2D eigenvalue weighted by Crippen LogP contribution is 2.29. The normalized spacial score (nSPS) is 11.5. The fourth-order valence-electron chi connectivity index (χ4n) is 2.73. The van der Waals surface area contributed by atoms with Gasteiger partial charge in [0.05, 0.1) is 16.8 Å². The molecule has 1 N–H and O–H groups in total. The van der Waals surface area contributed by atoms with Crippen LogP contribution in [0.3, 0.4) is 0 Å². The fourth-order valence-corrected chi connectivity index (χ4v) is 2.73. The standard InChI is InChI=1S/C20H13F4N5O3/c21-15-4-2-1-3-14(15)18-27-13(10-31-18)5-6-26-17(30)12-7-11(8-25-9-12)16-28-19(32-29-16)20(22,23)24/h1-4,7-10H,5-6H2,(H,26,30). The first-order valence-corrected chi connectivity index (χ1v) is 9.15. The molecule has 164 valence electrons. The number of aromatic nitrogens is 4. The molecule has 0 spiro atoms. The van der Waals surface area contributed by atoms with Crippen LogP contribution in [0.15, 0.2) is 57.9 Å². The third kappa shape index (κ3) is 4.63. The van der Waals surface area contributed by atoms with Gasteiger partial charge < -0.3 is 14.3 Å². The topological polar surface area (TPSA) is 107 Å². The van der Waals surface area contributed by atoms with Crippen LogP contribution in [0.1, 0.15) is 21.9 Å². The number of pyridine rings is 1. The second-order valence-corrected chi connectivity index (χ2v) is 6.51. The van der Waals surface area contributed by atoms with Crippen molar-refractivity contribution < 1.29 is 31.3 Å². The maximum Gasteiger partial charge on any atom is 0.471 e. The molecule has 1 amide bonds. The van der Waals surface area contributed by atoms with E-state index in [1.54, 1.807) is 12.1 Å². The van der Waals surface area contributed by atoms with Gasteiger partial charge >= 0.3 is 12.1 Å². The lowest BCUT2D eigenvalue weighted by Crippen LogP contribution is -2.25. The summed E-state index contributed by atoms with van der Waals surface area (Å²) in [4.78, 5) is 23.7. The van der Waals surface area contributed by atoms with Crippen LogP contribution in [-0.4, -0.2) is 32.6 Å². The summed E-state index contributed by atoms with van der Waals surface area (Å²) in [7, 11) is 0. The predicted octanol–water partition coefficient (Wildman–Crippen LogP) is 3.92. The van der Waals surface area contributed by atoms with Gasteiger partial charge in [-0.1, -0.05) is 17.3 Å². The maximum absolute atomic E-state index is 13.8. The Bertz CT molecular complexity index is 1250. The molecule has 3 aromatic heterocycles. The van der Waals surface area contributed by atoms with E-state index in [4.69, 9.17) is 4.42 Å². The van der Waals surface area contributed by atoms with Crippen LogP contribution in [0.2, 0.25) is 0 Å². The summed E-state index contributed by atoms with van der Waals surface area (Å²) >= 11 is 0. The van der Waals surface area contributed by atoms with E-state index in [1.165, 1.54) is 36.9 Å². The molecule has 12 heteroatoms. The largest absolute Gasteiger partial charge is 0.471 e. The second kappa shape index (κ2) is 8.57. The zero-order valence-electron chi connectivity index (χ0n) is 16.1. The summed E-state index contributed by atoms with van der Waals surface area (Å²) < 4.78 is 61.1. The molecule has 1 aromatic carbocycles. The first-order chi connectivity index (χ1) is 15.3. The summed E-state index contributed by atoms with van der Waals surface area (Å²) in [6, 6.07) is 7.33. The fraction of sp³-hybridized carbons (Fsp3) is 0.150. The van der Waals surface area contributed by atoms with E-state index in [9.17, 15) is 22.4 Å². The van der Waals surface area contributed by atoms with Crippen molar-refractivity contribution in [1.29, 1.82) is 0 Å². The predicted molar refractivity (Wildman–Crippen MR) is 100 cm³/mol. The Kier molecular flexibility index (Phi) is 5.67. The summed E-state index contributed by atoms with van der Waals surface area (Å²) in [6.07, 6.45) is -0.653. The molecule has 0 fully saturated rings. The number of carbonyl (C=O) groups excluding carboxylic acids is 1. The van der Waals surface area contributed by atoms with Crippen LogP contribution in [-0.2, 0) is 12.6 Å². The van der Waals surface area contributed by atoms with Gasteiger partial charge in [0.1, 0.15) is 12.1 Å². The molecule has 0 unspecified atom stereocenters. The number of alkyl halides is 3. The Morgan fingerprint density at radius 1 is 1.12 bits per heavy atom. The van der Waals surface area contributed by atoms with E-state index in [0.717, 1.165) is 0 Å². The first-order valence-electron chi connectivity index (χ1n) is 9.15. The number of halogens is 4. The van der Waals surface area contributed by atoms with Crippen molar-refractivity contribution in [2.75, 3.05) is 6.54 Å². The third-order valence-electron chi connectivity index (χ3n) is 4.25.